The average molecular weight is 396 g/mol. The number of carbonyl (C=O) groups is 1. The standard InChI is InChI=1S/C21H33N3O2.ClH/c1-16(2)26-19-9-7-17(8-10-19)14-24-12-4-5-18(15-24)13-23-21(25)20-6-3-11-22-20;/h7-10,16,18,20,22H,3-6,11-15H2,1-2H3,(H,23,25);1H. The van der Waals surface area contributed by atoms with Gasteiger partial charge in [-0.3, -0.25) is 9.69 Å². The number of likely N-dealkylation sites (tertiary alicyclic amines) is 1. The fourth-order valence-electron chi connectivity index (χ4n) is 3.94. The Morgan fingerprint density at radius 1 is 1.26 bits per heavy atom. The molecule has 2 aliphatic heterocycles. The molecule has 2 heterocycles. The molecule has 2 aliphatic rings. The number of hydrogen-bond acceptors (Lipinski definition) is 4. The zero-order chi connectivity index (χ0) is 18.4. The third-order valence-corrected chi connectivity index (χ3v) is 5.25. The number of benzene rings is 1. The van der Waals surface area contributed by atoms with Gasteiger partial charge in [0.2, 0.25) is 5.91 Å². The SMILES string of the molecule is CC(C)Oc1ccc(CN2CCCC(CNC(=O)C3CCCN3)C2)cc1.Cl. The molecule has 0 aliphatic carbocycles. The van der Waals surface area contributed by atoms with Crippen LogP contribution in [0.1, 0.15) is 45.1 Å². The number of ether oxygens (including phenoxy) is 1. The predicted octanol–water partition coefficient (Wildman–Crippen LogP) is 2.98. The zero-order valence-electron chi connectivity index (χ0n) is 16.6. The third-order valence-electron chi connectivity index (χ3n) is 5.25. The first-order chi connectivity index (χ1) is 12.6. The molecule has 2 N–H and O–H groups in total. The molecule has 0 radical (unpaired) electrons. The van der Waals surface area contributed by atoms with Crippen molar-refractivity contribution in [1.82, 2.24) is 15.5 Å². The number of rotatable bonds is 7. The van der Waals surface area contributed by atoms with Crippen LogP contribution >= 0.6 is 12.4 Å². The molecule has 2 atom stereocenters. The molecule has 1 aromatic rings. The van der Waals surface area contributed by atoms with Crippen molar-refractivity contribution in [2.75, 3.05) is 26.2 Å². The van der Waals surface area contributed by atoms with Crippen LogP contribution in [0.3, 0.4) is 0 Å². The fraction of sp³-hybridized carbons (Fsp3) is 0.667. The van der Waals surface area contributed by atoms with Gasteiger partial charge in [-0.25, -0.2) is 0 Å². The van der Waals surface area contributed by atoms with Crippen LogP contribution in [0.2, 0.25) is 0 Å². The summed E-state index contributed by atoms with van der Waals surface area (Å²) in [6.45, 7) is 9.02. The Kier molecular flexibility index (Phi) is 8.87. The summed E-state index contributed by atoms with van der Waals surface area (Å²) in [6.07, 6.45) is 4.70. The van der Waals surface area contributed by atoms with E-state index < -0.39 is 0 Å². The van der Waals surface area contributed by atoms with Gasteiger partial charge in [0.05, 0.1) is 12.1 Å². The van der Waals surface area contributed by atoms with E-state index >= 15 is 0 Å². The van der Waals surface area contributed by atoms with Crippen LogP contribution in [-0.4, -0.2) is 49.1 Å². The predicted molar refractivity (Wildman–Crippen MR) is 111 cm³/mol. The molecule has 1 aromatic carbocycles. The molecule has 0 bridgehead atoms. The Labute approximate surface area is 169 Å². The molecule has 152 valence electrons. The number of nitrogens with zero attached hydrogens (tertiary/aromatic N) is 1. The van der Waals surface area contributed by atoms with E-state index in [1.807, 2.05) is 13.8 Å². The van der Waals surface area contributed by atoms with Gasteiger partial charge in [-0.1, -0.05) is 12.1 Å². The van der Waals surface area contributed by atoms with Crippen LogP contribution in [0.15, 0.2) is 24.3 Å². The molecule has 0 aromatic heterocycles. The maximum absolute atomic E-state index is 12.2. The number of amides is 1. The van der Waals surface area contributed by atoms with Crippen molar-refractivity contribution in [3.05, 3.63) is 29.8 Å². The Hall–Kier alpha value is -1.30. The van der Waals surface area contributed by atoms with E-state index in [0.717, 1.165) is 51.3 Å². The number of carbonyl (C=O) groups excluding carboxylic acids is 1. The first kappa shape index (κ1) is 22.0. The number of nitrogens with one attached hydrogen (secondary N) is 2. The molecule has 27 heavy (non-hydrogen) atoms. The number of halogens is 1. The van der Waals surface area contributed by atoms with E-state index in [2.05, 4.69) is 39.8 Å². The maximum atomic E-state index is 12.2. The van der Waals surface area contributed by atoms with Gasteiger partial charge in [0.15, 0.2) is 0 Å². The van der Waals surface area contributed by atoms with Gasteiger partial charge >= 0.3 is 0 Å². The summed E-state index contributed by atoms with van der Waals surface area (Å²) in [7, 11) is 0. The van der Waals surface area contributed by atoms with E-state index in [-0.39, 0.29) is 30.5 Å². The minimum absolute atomic E-state index is 0. The highest BCUT2D eigenvalue weighted by Gasteiger charge is 2.24. The highest BCUT2D eigenvalue weighted by Crippen LogP contribution is 2.20. The molecule has 0 spiro atoms. The largest absolute Gasteiger partial charge is 0.491 e. The average Bonchev–Trinajstić information content (AvgIpc) is 3.16. The normalized spacial score (nSPS) is 23.1. The lowest BCUT2D eigenvalue weighted by Crippen LogP contribution is -2.45. The third kappa shape index (κ3) is 6.98. The Bertz CT molecular complexity index is 573. The molecule has 2 unspecified atom stereocenters. The lowest BCUT2D eigenvalue weighted by atomic mass is 9.97. The summed E-state index contributed by atoms with van der Waals surface area (Å²) in [5.41, 5.74) is 1.32. The first-order valence-corrected chi connectivity index (χ1v) is 10.1. The summed E-state index contributed by atoms with van der Waals surface area (Å²) < 4.78 is 5.71. The molecular weight excluding hydrogens is 362 g/mol. The van der Waals surface area contributed by atoms with Crippen molar-refractivity contribution >= 4 is 18.3 Å². The Balaban J connectivity index is 0.00000261. The van der Waals surface area contributed by atoms with Gasteiger partial charge in [0.1, 0.15) is 5.75 Å². The molecule has 2 saturated heterocycles. The highest BCUT2D eigenvalue weighted by molar-refractivity contribution is 5.85. The monoisotopic (exact) mass is 395 g/mol. The summed E-state index contributed by atoms with van der Waals surface area (Å²) >= 11 is 0. The summed E-state index contributed by atoms with van der Waals surface area (Å²) in [6, 6.07) is 8.47. The van der Waals surface area contributed by atoms with Crippen LogP contribution in [0.25, 0.3) is 0 Å². The van der Waals surface area contributed by atoms with Crippen molar-refractivity contribution in [3.8, 4) is 5.75 Å². The number of hydrogen-bond donors (Lipinski definition) is 2. The van der Waals surface area contributed by atoms with Crippen molar-refractivity contribution in [1.29, 1.82) is 0 Å². The Morgan fingerprint density at radius 2 is 2.04 bits per heavy atom. The van der Waals surface area contributed by atoms with E-state index in [1.54, 1.807) is 0 Å². The van der Waals surface area contributed by atoms with Crippen molar-refractivity contribution < 1.29 is 9.53 Å². The van der Waals surface area contributed by atoms with Crippen LogP contribution in [0.4, 0.5) is 0 Å². The second kappa shape index (κ2) is 10.9. The van der Waals surface area contributed by atoms with Gasteiger partial charge in [0.25, 0.3) is 0 Å². The van der Waals surface area contributed by atoms with Crippen LogP contribution in [0, 0.1) is 5.92 Å². The van der Waals surface area contributed by atoms with Gasteiger partial charge in [-0.2, -0.15) is 0 Å². The quantitative estimate of drug-likeness (QED) is 0.745. The van der Waals surface area contributed by atoms with E-state index in [0.29, 0.717) is 5.92 Å². The zero-order valence-corrected chi connectivity index (χ0v) is 17.4. The minimum Gasteiger partial charge on any atom is -0.491 e. The second-order valence-corrected chi connectivity index (χ2v) is 7.95. The fourth-order valence-corrected chi connectivity index (χ4v) is 3.94. The molecule has 5 nitrogen and oxygen atoms in total. The van der Waals surface area contributed by atoms with Crippen molar-refractivity contribution in [2.24, 2.45) is 5.92 Å². The summed E-state index contributed by atoms with van der Waals surface area (Å²) in [5.74, 6) is 1.67. The van der Waals surface area contributed by atoms with Gasteiger partial charge in [-0.05, 0) is 76.2 Å². The molecule has 0 saturated carbocycles. The smallest absolute Gasteiger partial charge is 0.237 e. The van der Waals surface area contributed by atoms with Crippen LogP contribution in [-0.2, 0) is 11.3 Å². The lowest BCUT2D eigenvalue weighted by molar-refractivity contribution is -0.123. The minimum atomic E-state index is 0. The van der Waals surface area contributed by atoms with Crippen molar-refractivity contribution in [2.45, 2.75) is 58.2 Å². The number of piperidine rings is 1. The van der Waals surface area contributed by atoms with Gasteiger partial charge in [-0.15, -0.1) is 12.4 Å². The highest BCUT2D eigenvalue weighted by atomic mass is 35.5. The summed E-state index contributed by atoms with van der Waals surface area (Å²) in [4.78, 5) is 14.7. The van der Waals surface area contributed by atoms with Crippen LogP contribution < -0.4 is 15.4 Å². The van der Waals surface area contributed by atoms with Gasteiger partial charge in [0, 0.05) is 19.6 Å². The second-order valence-electron chi connectivity index (χ2n) is 7.95. The Morgan fingerprint density at radius 3 is 2.70 bits per heavy atom. The molecule has 1 amide bonds. The van der Waals surface area contributed by atoms with E-state index in [9.17, 15) is 4.79 Å². The topological polar surface area (TPSA) is 53.6 Å². The van der Waals surface area contributed by atoms with E-state index in [4.69, 9.17) is 4.74 Å². The summed E-state index contributed by atoms with van der Waals surface area (Å²) in [5, 5.41) is 6.43. The molecule has 3 rings (SSSR count). The van der Waals surface area contributed by atoms with Gasteiger partial charge < -0.3 is 15.4 Å². The van der Waals surface area contributed by atoms with E-state index in [1.165, 1.54) is 18.4 Å². The van der Waals surface area contributed by atoms with Crippen LogP contribution in [0.5, 0.6) is 5.75 Å². The van der Waals surface area contributed by atoms with Crippen molar-refractivity contribution in [3.63, 3.8) is 0 Å². The molecule has 6 heteroatoms. The first-order valence-electron chi connectivity index (χ1n) is 10.1. The maximum Gasteiger partial charge on any atom is 0.237 e. The lowest BCUT2D eigenvalue weighted by Gasteiger charge is -2.33. The molecular formula is C21H34ClN3O2. The molecule has 2 fully saturated rings.